The Morgan fingerprint density at radius 1 is 1.08 bits per heavy atom. The maximum atomic E-state index is 16.9. The average molecular weight is 651 g/mol. The Kier molecular flexibility index (Phi) is 8.18. The fourth-order valence-corrected chi connectivity index (χ4v) is 7.72. The summed E-state index contributed by atoms with van der Waals surface area (Å²) in [5.41, 5.74) is 0.208. The number of nitrogens with zero attached hydrogens (tertiary/aromatic N) is 6. The zero-order chi connectivity index (χ0) is 33.6. The molecule has 8 nitrogen and oxygen atoms in total. The van der Waals surface area contributed by atoms with Gasteiger partial charge in [-0.15, -0.1) is 6.42 Å². The van der Waals surface area contributed by atoms with Gasteiger partial charge < -0.3 is 14.5 Å². The van der Waals surface area contributed by atoms with E-state index in [1.54, 1.807) is 29.2 Å². The second-order valence-corrected chi connectivity index (χ2v) is 12.7. The van der Waals surface area contributed by atoms with Crippen LogP contribution in [-0.4, -0.2) is 76.6 Å². The Labute approximate surface area is 276 Å². The number of benzene rings is 3. The standard InChI is InChI=1S/C37H33F3N6O2/c1-3-24-18-25-8-4-5-9-27(25)28(19-24)31-30(39)20-29-33(32(31)40)42-36(48-22-37-11-6-14-45(37)15-7-12-37)43-34(29)44-16-17-46(35(47)23(2)38)26(21-44)10-13-41/h1,4-5,8-9,18-20,26H,2,6-7,10-12,14-17,21-22H2/t26-/m0/s1. The molecule has 1 atom stereocenters. The number of piperazine rings is 1. The Morgan fingerprint density at radius 3 is 2.58 bits per heavy atom. The van der Waals surface area contributed by atoms with Crippen molar-refractivity contribution in [3.05, 3.63) is 72.1 Å². The van der Waals surface area contributed by atoms with Crippen LogP contribution in [0.3, 0.4) is 0 Å². The first-order valence-electron chi connectivity index (χ1n) is 16.1. The molecule has 0 spiro atoms. The maximum absolute atomic E-state index is 16.9. The van der Waals surface area contributed by atoms with Crippen LogP contribution in [0.2, 0.25) is 0 Å². The molecule has 48 heavy (non-hydrogen) atoms. The number of carbonyl (C=O) groups is 1. The van der Waals surface area contributed by atoms with Crippen LogP contribution in [0.1, 0.15) is 37.7 Å². The van der Waals surface area contributed by atoms with Crippen molar-refractivity contribution in [3.63, 3.8) is 0 Å². The van der Waals surface area contributed by atoms with Gasteiger partial charge in [-0.2, -0.15) is 15.2 Å². The van der Waals surface area contributed by atoms with Crippen molar-refractivity contribution in [3.8, 4) is 35.6 Å². The molecule has 7 rings (SSSR count). The summed E-state index contributed by atoms with van der Waals surface area (Å²) in [6.45, 7) is 5.69. The largest absolute Gasteiger partial charge is 0.461 e. The molecule has 4 aromatic rings. The first-order chi connectivity index (χ1) is 23.2. The summed E-state index contributed by atoms with van der Waals surface area (Å²) in [4.78, 5) is 27.2. The Hall–Kier alpha value is -5.13. The number of hydrogen-bond donors (Lipinski definition) is 0. The van der Waals surface area contributed by atoms with Gasteiger partial charge in [-0.1, -0.05) is 36.8 Å². The number of anilines is 1. The van der Waals surface area contributed by atoms with Crippen molar-refractivity contribution in [2.75, 3.05) is 44.2 Å². The summed E-state index contributed by atoms with van der Waals surface area (Å²) < 4.78 is 53.3. The number of ether oxygens (including phenoxy) is 1. The van der Waals surface area contributed by atoms with E-state index in [-0.39, 0.29) is 59.9 Å². The fraction of sp³-hybridized carbons (Fsp3) is 0.351. The Balaban J connectivity index is 1.37. The number of nitriles is 1. The van der Waals surface area contributed by atoms with Gasteiger partial charge >= 0.3 is 6.01 Å². The smallest absolute Gasteiger partial charge is 0.319 e. The van der Waals surface area contributed by atoms with E-state index in [0.717, 1.165) is 44.2 Å². The first kappa shape index (κ1) is 31.5. The molecule has 3 aliphatic heterocycles. The fourth-order valence-electron chi connectivity index (χ4n) is 7.72. The maximum Gasteiger partial charge on any atom is 0.319 e. The van der Waals surface area contributed by atoms with E-state index >= 15 is 8.78 Å². The van der Waals surface area contributed by atoms with Crippen LogP contribution in [0.5, 0.6) is 6.01 Å². The minimum Gasteiger partial charge on any atom is -0.461 e. The highest BCUT2D eigenvalue weighted by Gasteiger charge is 2.45. The van der Waals surface area contributed by atoms with E-state index in [1.807, 2.05) is 12.1 Å². The van der Waals surface area contributed by atoms with Crippen LogP contribution < -0.4 is 9.64 Å². The molecule has 0 N–H and O–H groups in total. The minimum absolute atomic E-state index is 0.0434. The molecule has 3 aliphatic rings. The van der Waals surface area contributed by atoms with Crippen molar-refractivity contribution < 1.29 is 22.7 Å². The molecule has 0 saturated carbocycles. The third-order valence-electron chi connectivity index (χ3n) is 10.0. The van der Waals surface area contributed by atoms with E-state index in [0.29, 0.717) is 23.1 Å². The summed E-state index contributed by atoms with van der Waals surface area (Å²) >= 11 is 0. The highest BCUT2D eigenvalue weighted by Crippen LogP contribution is 2.41. The third kappa shape index (κ3) is 5.38. The highest BCUT2D eigenvalue weighted by molar-refractivity contribution is 6.01. The second-order valence-electron chi connectivity index (χ2n) is 12.7. The number of halogens is 3. The monoisotopic (exact) mass is 650 g/mol. The van der Waals surface area contributed by atoms with Gasteiger partial charge in [0.25, 0.3) is 5.91 Å². The molecule has 11 heteroatoms. The topological polar surface area (TPSA) is 85.6 Å². The summed E-state index contributed by atoms with van der Waals surface area (Å²) in [6, 6.07) is 13.1. The molecule has 3 fully saturated rings. The SMILES string of the molecule is C#Cc1cc(-c2c(F)cc3c(N4CCN(C(=O)C(=C)F)[C@@H](CC#N)C4)nc(OCC45CCCN4CCC5)nc3c2F)c2ccccc2c1. The molecular formula is C37H33F3N6O2. The van der Waals surface area contributed by atoms with Crippen molar-refractivity contribution in [1.82, 2.24) is 19.8 Å². The molecule has 0 radical (unpaired) electrons. The van der Waals surface area contributed by atoms with E-state index in [4.69, 9.17) is 16.1 Å². The summed E-state index contributed by atoms with van der Waals surface area (Å²) in [5, 5.41) is 11.0. The van der Waals surface area contributed by atoms with E-state index in [2.05, 4.69) is 28.5 Å². The second kappa shape index (κ2) is 12.5. The highest BCUT2D eigenvalue weighted by atomic mass is 19.1. The van der Waals surface area contributed by atoms with Gasteiger partial charge in [0, 0.05) is 30.6 Å². The summed E-state index contributed by atoms with van der Waals surface area (Å²) in [6.07, 6.45) is 9.70. The zero-order valence-electron chi connectivity index (χ0n) is 26.3. The van der Waals surface area contributed by atoms with Gasteiger partial charge in [0.15, 0.2) is 11.6 Å². The first-order valence-corrected chi connectivity index (χ1v) is 16.1. The van der Waals surface area contributed by atoms with Gasteiger partial charge in [0.1, 0.15) is 23.8 Å². The van der Waals surface area contributed by atoms with E-state index in [1.165, 1.54) is 11.0 Å². The molecule has 0 aliphatic carbocycles. The number of fused-ring (bicyclic) bond motifs is 3. The molecule has 3 aromatic carbocycles. The van der Waals surface area contributed by atoms with E-state index < -0.39 is 29.4 Å². The molecule has 1 amide bonds. The van der Waals surface area contributed by atoms with Gasteiger partial charge in [-0.05, 0) is 73.3 Å². The molecular weight excluding hydrogens is 617 g/mol. The number of amides is 1. The van der Waals surface area contributed by atoms with Gasteiger partial charge in [-0.3, -0.25) is 9.69 Å². The molecule has 244 valence electrons. The average Bonchev–Trinajstić information content (AvgIpc) is 3.68. The number of rotatable bonds is 7. The molecule has 3 saturated heterocycles. The normalized spacial score (nSPS) is 18.9. The van der Waals surface area contributed by atoms with Crippen LogP contribution >= 0.6 is 0 Å². The van der Waals surface area contributed by atoms with Gasteiger partial charge in [0.05, 0.1) is 29.6 Å². The van der Waals surface area contributed by atoms with Crippen molar-refractivity contribution >= 4 is 33.4 Å². The van der Waals surface area contributed by atoms with Crippen molar-refractivity contribution in [1.29, 1.82) is 5.26 Å². The predicted molar refractivity (Wildman–Crippen MR) is 177 cm³/mol. The lowest BCUT2D eigenvalue weighted by Gasteiger charge is -2.41. The Bertz CT molecular complexity index is 2040. The van der Waals surface area contributed by atoms with Crippen LogP contribution in [0.4, 0.5) is 19.0 Å². The van der Waals surface area contributed by atoms with E-state index in [9.17, 15) is 14.4 Å². The molecule has 0 unspecified atom stereocenters. The summed E-state index contributed by atoms with van der Waals surface area (Å²) in [5.74, 6) is -0.971. The lowest BCUT2D eigenvalue weighted by molar-refractivity contribution is -0.131. The number of terminal acetylenes is 1. The molecule has 4 heterocycles. The van der Waals surface area contributed by atoms with Crippen molar-refractivity contribution in [2.24, 2.45) is 0 Å². The quantitative estimate of drug-likeness (QED) is 0.176. The van der Waals surface area contributed by atoms with Crippen molar-refractivity contribution in [2.45, 2.75) is 43.7 Å². The lowest BCUT2D eigenvalue weighted by Crippen LogP contribution is -2.55. The lowest BCUT2D eigenvalue weighted by atomic mass is 9.94. The number of carbonyl (C=O) groups excluding carboxylic acids is 1. The zero-order valence-corrected chi connectivity index (χ0v) is 26.3. The third-order valence-corrected chi connectivity index (χ3v) is 10.0. The Morgan fingerprint density at radius 2 is 1.85 bits per heavy atom. The number of hydrogen-bond acceptors (Lipinski definition) is 7. The number of aromatic nitrogens is 2. The van der Waals surface area contributed by atoms with Crippen LogP contribution in [0.25, 0.3) is 32.8 Å². The predicted octanol–water partition coefficient (Wildman–Crippen LogP) is 6.13. The molecule has 0 bridgehead atoms. The van der Waals surface area contributed by atoms with Gasteiger partial charge in [-0.25, -0.2) is 13.2 Å². The van der Waals surface area contributed by atoms with Crippen LogP contribution in [-0.2, 0) is 4.79 Å². The van der Waals surface area contributed by atoms with Crippen LogP contribution in [0.15, 0.2) is 54.9 Å². The van der Waals surface area contributed by atoms with Crippen LogP contribution in [0, 0.1) is 35.3 Å². The summed E-state index contributed by atoms with van der Waals surface area (Å²) in [7, 11) is 0. The minimum atomic E-state index is -1.13. The molecule has 1 aromatic heterocycles. The van der Waals surface area contributed by atoms with Gasteiger partial charge in [0.2, 0.25) is 0 Å².